The van der Waals surface area contributed by atoms with Crippen molar-refractivity contribution in [3.8, 4) is 56.6 Å². The lowest BCUT2D eigenvalue weighted by Gasteiger charge is -2.32. The number of para-hydroxylation sites is 8. The van der Waals surface area contributed by atoms with E-state index in [0.717, 1.165) is 90.8 Å². The molecule has 10 rings (SSSR count). The molecule has 0 fully saturated rings. The Morgan fingerprint density at radius 2 is 0.755 bits per heavy atom. The molecule has 0 saturated carbocycles. The van der Waals surface area contributed by atoms with Gasteiger partial charge in [0.15, 0.2) is 23.0 Å². The fourth-order valence-corrected chi connectivity index (χ4v) is 7.35. The van der Waals surface area contributed by atoms with Crippen LogP contribution in [0.5, 0.6) is 23.0 Å². The maximum Gasteiger partial charge on any atom is 0.151 e. The van der Waals surface area contributed by atoms with Crippen LogP contribution < -0.4 is 19.3 Å². The Morgan fingerprint density at radius 1 is 0.358 bits per heavy atom. The zero-order chi connectivity index (χ0) is 35.3. The SMILES string of the molecule is Cc1cccc(-c2cc(-c3ccc(N4c5ccccc5Oc5ccccc54)cc3)nc(-c3ccc(N4c5ccccc5Oc5ccccc54)cc3)c2)c1. The Labute approximate surface area is 308 Å². The molecule has 5 nitrogen and oxygen atoms in total. The lowest BCUT2D eigenvalue weighted by Crippen LogP contribution is -2.15. The van der Waals surface area contributed by atoms with Crippen LogP contribution in [0.3, 0.4) is 0 Å². The van der Waals surface area contributed by atoms with Gasteiger partial charge in [0.1, 0.15) is 0 Å². The van der Waals surface area contributed by atoms with Gasteiger partial charge in [0.25, 0.3) is 0 Å². The second-order valence-electron chi connectivity index (χ2n) is 13.3. The van der Waals surface area contributed by atoms with Crippen LogP contribution in [-0.2, 0) is 0 Å². The highest BCUT2D eigenvalue weighted by atomic mass is 16.5. The number of hydrogen-bond acceptors (Lipinski definition) is 5. The van der Waals surface area contributed by atoms with E-state index in [1.807, 2.05) is 72.8 Å². The number of rotatable bonds is 5. The maximum absolute atomic E-state index is 6.25. The zero-order valence-electron chi connectivity index (χ0n) is 29.0. The number of ether oxygens (including phenoxy) is 2. The van der Waals surface area contributed by atoms with E-state index >= 15 is 0 Å². The van der Waals surface area contributed by atoms with Crippen LogP contribution in [0.2, 0.25) is 0 Å². The summed E-state index contributed by atoms with van der Waals surface area (Å²) in [6, 6.07) is 63.0. The van der Waals surface area contributed by atoms with Gasteiger partial charge in [-0.1, -0.05) is 103 Å². The van der Waals surface area contributed by atoms with E-state index in [1.165, 1.54) is 5.56 Å². The van der Waals surface area contributed by atoms with Crippen LogP contribution >= 0.6 is 0 Å². The molecule has 0 radical (unpaired) electrons. The summed E-state index contributed by atoms with van der Waals surface area (Å²) in [5.41, 5.74) is 13.5. The molecule has 7 aromatic carbocycles. The van der Waals surface area contributed by atoms with Gasteiger partial charge in [0, 0.05) is 22.5 Å². The smallest absolute Gasteiger partial charge is 0.151 e. The molecule has 2 aliphatic rings. The van der Waals surface area contributed by atoms with E-state index in [4.69, 9.17) is 14.5 Å². The molecule has 8 aromatic rings. The topological polar surface area (TPSA) is 37.8 Å². The third kappa shape index (κ3) is 5.47. The molecule has 252 valence electrons. The minimum absolute atomic E-state index is 0.834. The maximum atomic E-state index is 6.25. The average molecular weight is 684 g/mol. The van der Waals surface area contributed by atoms with E-state index in [9.17, 15) is 0 Å². The molecule has 53 heavy (non-hydrogen) atoms. The van der Waals surface area contributed by atoms with E-state index in [2.05, 4.69) is 126 Å². The van der Waals surface area contributed by atoms with Gasteiger partial charge < -0.3 is 19.3 Å². The minimum Gasteiger partial charge on any atom is -0.453 e. The first-order chi connectivity index (χ1) is 26.2. The van der Waals surface area contributed by atoms with Crippen LogP contribution in [0, 0.1) is 6.92 Å². The largest absolute Gasteiger partial charge is 0.453 e. The number of pyridine rings is 1. The summed E-state index contributed by atoms with van der Waals surface area (Å²) in [7, 11) is 0. The Bertz CT molecular complexity index is 2400. The summed E-state index contributed by atoms with van der Waals surface area (Å²) in [5.74, 6) is 3.34. The molecule has 0 atom stereocenters. The number of aryl methyl sites for hydroxylation is 1. The number of fused-ring (bicyclic) bond motifs is 4. The third-order valence-corrected chi connectivity index (χ3v) is 9.88. The molecule has 3 heterocycles. The summed E-state index contributed by atoms with van der Waals surface area (Å²) >= 11 is 0. The van der Waals surface area contributed by atoms with Gasteiger partial charge in [-0.2, -0.15) is 0 Å². The summed E-state index contributed by atoms with van der Waals surface area (Å²) in [4.78, 5) is 9.80. The van der Waals surface area contributed by atoms with E-state index in [1.54, 1.807) is 0 Å². The molecule has 1 aromatic heterocycles. The van der Waals surface area contributed by atoms with Crippen molar-refractivity contribution in [1.82, 2.24) is 4.98 Å². The summed E-state index contributed by atoms with van der Waals surface area (Å²) in [6.07, 6.45) is 0. The highest BCUT2D eigenvalue weighted by Gasteiger charge is 2.27. The second kappa shape index (κ2) is 12.6. The zero-order valence-corrected chi connectivity index (χ0v) is 29.0. The molecule has 0 spiro atoms. The molecule has 0 N–H and O–H groups in total. The van der Waals surface area contributed by atoms with Gasteiger partial charge in [0.2, 0.25) is 0 Å². The summed E-state index contributed by atoms with van der Waals surface area (Å²) in [6.45, 7) is 2.13. The monoisotopic (exact) mass is 683 g/mol. The van der Waals surface area contributed by atoms with Gasteiger partial charge in [-0.25, -0.2) is 4.98 Å². The molecule has 0 aliphatic carbocycles. The number of aromatic nitrogens is 1. The minimum atomic E-state index is 0.834. The van der Waals surface area contributed by atoms with Crippen LogP contribution in [0.15, 0.2) is 182 Å². The van der Waals surface area contributed by atoms with Crippen molar-refractivity contribution < 1.29 is 9.47 Å². The van der Waals surface area contributed by atoms with Gasteiger partial charge in [-0.15, -0.1) is 0 Å². The Balaban J connectivity index is 1.04. The van der Waals surface area contributed by atoms with E-state index in [0.29, 0.717) is 0 Å². The molecular weight excluding hydrogens is 651 g/mol. The van der Waals surface area contributed by atoms with Crippen LogP contribution in [0.1, 0.15) is 5.56 Å². The van der Waals surface area contributed by atoms with Crippen molar-refractivity contribution in [2.45, 2.75) is 6.92 Å². The van der Waals surface area contributed by atoms with Gasteiger partial charge >= 0.3 is 0 Å². The molecule has 0 saturated heterocycles. The first kappa shape index (κ1) is 30.7. The Morgan fingerprint density at radius 3 is 1.15 bits per heavy atom. The number of anilines is 6. The first-order valence-corrected chi connectivity index (χ1v) is 17.8. The van der Waals surface area contributed by atoms with Gasteiger partial charge in [-0.3, -0.25) is 0 Å². The molecule has 0 amide bonds. The molecule has 0 bridgehead atoms. The first-order valence-electron chi connectivity index (χ1n) is 17.8. The molecule has 2 aliphatic heterocycles. The highest BCUT2D eigenvalue weighted by Crippen LogP contribution is 2.51. The molecular formula is C48H33N3O2. The Kier molecular flexibility index (Phi) is 7.29. The van der Waals surface area contributed by atoms with Crippen molar-refractivity contribution in [1.29, 1.82) is 0 Å². The third-order valence-electron chi connectivity index (χ3n) is 9.88. The van der Waals surface area contributed by atoms with Crippen molar-refractivity contribution >= 4 is 34.1 Å². The quantitative estimate of drug-likeness (QED) is 0.180. The predicted molar refractivity (Wildman–Crippen MR) is 215 cm³/mol. The molecule has 0 unspecified atom stereocenters. The van der Waals surface area contributed by atoms with Crippen LogP contribution in [0.25, 0.3) is 33.6 Å². The number of nitrogens with zero attached hydrogens (tertiary/aromatic N) is 3. The number of hydrogen-bond donors (Lipinski definition) is 0. The fraction of sp³-hybridized carbons (Fsp3) is 0.0208. The second-order valence-corrected chi connectivity index (χ2v) is 13.3. The lowest BCUT2D eigenvalue weighted by molar-refractivity contribution is 0.477. The predicted octanol–water partition coefficient (Wildman–Crippen LogP) is 13.5. The van der Waals surface area contributed by atoms with Crippen LogP contribution in [0.4, 0.5) is 34.1 Å². The van der Waals surface area contributed by atoms with Crippen molar-refractivity contribution in [3.63, 3.8) is 0 Å². The highest BCUT2D eigenvalue weighted by molar-refractivity contribution is 5.88. The van der Waals surface area contributed by atoms with E-state index in [-0.39, 0.29) is 0 Å². The van der Waals surface area contributed by atoms with E-state index < -0.39 is 0 Å². The van der Waals surface area contributed by atoms with Crippen molar-refractivity contribution in [2.75, 3.05) is 9.80 Å². The normalized spacial score (nSPS) is 12.5. The fourth-order valence-electron chi connectivity index (χ4n) is 7.35. The van der Waals surface area contributed by atoms with Crippen molar-refractivity contribution in [2.24, 2.45) is 0 Å². The average Bonchev–Trinajstić information content (AvgIpc) is 3.22. The Hall–Kier alpha value is -7.11. The van der Waals surface area contributed by atoms with Crippen LogP contribution in [-0.4, -0.2) is 4.98 Å². The lowest BCUT2D eigenvalue weighted by atomic mass is 9.98. The standard InChI is InChI=1S/C48H33N3O2/c1-32-11-10-12-35(29-32)36-30-39(33-21-25-37(26-22-33)50-41-13-2-6-17-45(41)52-46-18-7-3-14-42(46)50)49-40(31-36)34-23-27-38(28-24-34)51-43-15-4-8-19-47(43)53-48-20-9-5-16-44(48)51/h2-31H,1H3. The van der Waals surface area contributed by atoms with Crippen molar-refractivity contribution in [3.05, 3.63) is 188 Å². The molecule has 5 heteroatoms. The van der Waals surface area contributed by atoms with Gasteiger partial charge in [-0.05, 0) is 103 Å². The van der Waals surface area contributed by atoms with Gasteiger partial charge in [0.05, 0.1) is 34.1 Å². The summed E-state index contributed by atoms with van der Waals surface area (Å²) < 4.78 is 12.5. The number of benzene rings is 7. The summed E-state index contributed by atoms with van der Waals surface area (Å²) in [5, 5.41) is 0.